The van der Waals surface area contributed by atoms with Crippen LogP contribution in [0.5, 0.6) is 0 Å². The normalized spacial score (nSPS) is 11.9. The smallest absolute Gasteiger partial charge is 0.264 e. The van der Waals surface area contributed by atoms with Crippen molar-refractivity contribution in [1.29, 1.82) is 0 Å². The molecule has 0 aromatic heterocycles. The lowest BCUT2D eigenvalue weighted by atomic mass is 10.0. The summed E-state index contributed by atoms with van der Waals surface area (Å²) in [7, 11) is -4.25. The van der Waals surface area contributed by atoms with E-state index < -0.39 is 28.5 Å². The van der Waals surface area contributed by atoms with Crippen LogP contribution in [0, 0.1) is 0 Å². The van der Waals surface area contributed by atoms with Crippen molar-refractivity contribution in [2.24, 2.45) is 0 Å². The van der Waals surface area contributed by atoms with Crippen molar-refractivity contribution >= 4 is 50.7 Å². The molecular weight excluding hydrogens is 605 g/mol. The third-order valence-electron chi connectivity index (χ3n) is 6.80. The zero-order valence-electron chi connectivity index (χ0n) is 23.7. The average molecular weight is 639 g/mol. The molecule has 0 aliphatic heterocycles. The Hall–Kier alpha value is -3.85. The summed E-state index contributed by atoms with van der Waals surface area (Å²) < 4.78 is 29.0. The van der Waals surface area contributed by atoms with Crippen LogP contribution in [0.25, 0.3) is 0 Å². The Kier molecular flexibility index (Phi) is 11.2. The minimum absolute atomic E-state index is 0.00931. The van der Waals surface area contributed by atoms with Crippen molar-refractivity contribution in [3.63, 3.8) is 0 Å². The molecule has 0 heterocycles. The highest BCUT2D eigenvalue weighted by Gasteiger charge is 2.35. The molecule has 1 atom stereocenters. The van der Waals surface area contributed by atoms with E-state index in [-0.39, 0.29) is 34.5 Å². The van der Waals surface area contributed by atoms with E-state index in [0.717, 1.165) is 15.4 Å². The monoisotopic (exact) mass is 637 g/mol. The molecule has 0 radical (unpaired) electrons. The molecule has 10 heteroatoms. The Balaban J connectivity index is 1.80. The van der Waals surface area contributed by atoms with Crippen LogP contribution in [0.2, 0.25) is 10.0 Å². The molecule has 0 saturated heterocycles. The summed E-state index contributed by atoms with van der Waals surface area (Å²) in [5.74, 6) is -0.890. The second-order valence-corrected chi connectivity index (χ2v) is 12.6. The zero-order chi connectivity index (χ0) is 30.8. The highest BCUT2D eigenvalue weighted by atomic mass is 35.5. The molecule has 4 rings (SSSR count). The number of halogens is 2. The average Bonchev–Trinajstić information content (AvgIpc) is 3.02. The molecule has 0 bridgehead atoms. The van der Waals surface area contributed by atoms with Crippen LogP contribution in [-0.4, -0.2) is 44.3 Å². The molecule has 0 unspecified atom stereocenters. The Bertz CT molecular complexity index is 1620. The number of nitrogens with one attached hydrogen (secondary N) is 1. The Morgan fingerprint density at radius 2 is 1.40 bits per heavy atom. The SMILES string of the molecule is CCCNC(=O)[C@H](Cc1ccccc1)N(Cc1ccccc1)C(=O)CN(c1ccc(Cl)cc1Cl)S(=O)(=O)c1ccccc1. The van der Waals surface area contributed by atoms with Crippen LogP contribution in [0.4, 0.5) is 5.69 Å². The Morgan fingerprint density at radius 1 is 0.814 bits per heavy atom. The van der Waals surface area contributed by atoms with Gasteiger partial charge in [0.05, 0.1) is 15.6 Å². The van der Waals surface area contributed by atoms with Gasteiger partial charge in [-0.1, -0.05) is 109 Å². The predicted molar refractivity (Wildman–Crippen MR) is 172 cm³/mol. The van der Waals surface area contributed by atoms with E-state index in [1.165, 1.54) is 35.2 Å². The number of rotatable bonds is 13. The number of sulfonamides is 1. The highest BCUT2D eigenvalue weighted by molar-refractivity contribution is 7.92. The van der Waals surface area contributed by atoms with Crippen LogP contribution in [0.1, 0.15) is 24.5 Å². The lowest BCUT2D eigenvalue weighted by molar-refractivity contribution is -0.140. The molecule has 4 aromatic carbocycles. The first-order chi connectivity index (χ1) is 20.7. The van der Waals surface area contributed by atoms with Gasteiger partial charge in [-0.25, -0.2) is 8.42 Å². The van der Waals surface area contributed by atoms with Gasteiger partial charge in [-0.2, -0.15) is 0 Å². The maximum absolute atomic E-state index is 14.4. The third kappa shape index (κ3) is 8.38. The number of carbonyl (C=O) groups excluding carboxylic acids is 2. The number of amides is 2. The van der Waals surface area contributed by atoms with Crippen molar-refractivity contribution in [3.8, 4) is 0 Å². The van der Waals surface area contributed by atoms with Gasteiger partial charge >= 0.3 is 0 Å². The lowest BCUT2D eigenvalue weighted by Gasteiger charge is -2.34. The maximum atomic E-state index is 14.4. The standard InChI is InChI=1S/C33H33Cl2N3O4S/c1-2-20-36-33(40)31(21-25-12-6-3-7-13-25)37(23-26-14-8-4-9-15-26)32(39)24-38(30-19-18-27(34)22-29(30)35)43(41,42)28-16-10-5-11-17-28/h3-19,22,31H,2,20-21,23-24H2,1H3,(H,36,40)/t31-/m0/s1. The molecule has 0 aliphatic rings. The first-order valence-electron chi connectivity index (χ1n) is 13.9. The molecular formula is C33H33Cl2N3O4S. The van der Waals surface area contributed by atoms with Crippen molar-refractivity contribution in [1.82, 2.24) is 10.2 Å². The van der Waals surface area contributed by atoms with E-state index in [4.69, 9.17) is 23.2 Å². The summed E-state index contributed by atoms with van der Waals surface area (Å²) in [4.78, 5) is 29.4. The topological polar surface area (TPSA) is 86.8 Å². The van der Waals surface area contributed by atoms with E-state index in [2.05, 4.69) is 5.32 Å². The number of hydrogen-bond acceptors (Lipinski definition) is 4. The second kappa shape index (κ2) is 15.0. The van der Waals surface area contributed by atoms with Gasteiger partial charge in [0, 0.05) is 24.5 Å². The van der Waals surface area contributed by atoms with Gasteiger partial charge in [0.15, 0.2) is 0 Å². The molecule has 2 amide bonds. The molecule has 0 spiro atoms. The first-order valence-corrected chi connectivity index (χ1v) is 16.1. The number of anilines is 1. The summed E-state index contributed by atoms with van der Waals surface area (Å²) in [6.45, 7) is 1.87. The van der Waals surface area contributed by atoms with E-state index in [0.29, 0.717) is 18.0 Å². The minimum atomic E-state index is -4.25. The van der Waals surface area contributed by atoms with Crippen molar-refractivity contribution in [2.75, 3.05) is 17.4 Å². The van der Waals surface area contributed by atoms with Crippen molar-refractivity contribution in [3.05, 3.63) is 130 Å². The summed E-state index contributed by atoms with van der Waals surface area (Å²) in [5, 5.41) is 3.31. The zero-order valence-corrected chi connectivity index (χ0v) is 26.0. The van der Waals surface area contributed by atoms with Gasteiger partial charge in [0.1, 0.15) is 12.6 Å². The Morgan fingerprint density at radius 3 is 1.98 bits per heavy atom. The number of hydrogen-bond donors (Lipinski definition) is 1. The van der Waals surface area contributed by atoms with Gasteiger partial charge in [0.2, 0.25) is 11.8 Å². The molecule has 0 aliphatic carbocycles. The van der Waals surface area contributed by atoms with Crippen LogP contribution in [0.3, 0.4) is 0 Å². The van der Waals surface area contributed by atoms with Crippen LogP contribution >= 0.6 is 23.2 Å². The number of benzene rings is 4. The minimum Gasteiger partial charge on any atom is -0.354 e. The first kappa shape index (κ1) is 32.1. The van der Waals surface area contributed by atoms with Crippen molar-refractivity contribution in [2.45, 2.75) is 37.2 Å². The fourth-order valence-corrected chi connectivity index (χ4v) is 6.63. The van der Waals surface area contributed by atoms with Gasteiger partial charge in [0.25, 0.3) is 10.0 Å². The fraction of sp³-hybridized carbons (Fsp3) is 0.212. The van der Waals surface area contributed by atoms with Gasteiger partial charge < -0.3 is 10.2 Å². The van der Waals surface area contributed by atoms with Gasteiger partial charge in [-0.15, -0.1) is 0 Å². The molecule has 4 aromatic rings. The van der Waals surface area contributed by atoms with E-state index in [9.17, 15) is 18.0 Å². The number of carbonyl (C=O) groups is 2. The molecule has 1 N–H and O–H groups in total. The van der Waals surface area contributed by atoms with Crippen LogP contribution in [-0.2, 0) is 32.6 Å². The van der Waals surface area contributed by atoms with E-state index >= 15 is 0 Å². The predicted octanol–water partition coefficient (Wildman–Crippen LogP) is 6.36. The summed E-state index contributed by atoms with van der Waals surface area (Å²) in [5.41, 5.74) is 1.75. The lowest BCUT2D eigenvalue weighted by Crippen LogP contribution is -2.53. The molecule has 7 nitrogen and oxygen atoms in total. The van der Waals surface area contributed by atoms with Crippen LogP contribution < -0.4 is 9.62 Å². The molecule has 43 heavy (non-hydrogen) atoms. The number of nitrogens with zero attached hydrogens (tertiary/aromatic N) is 2. The largest absolute Gasteiger partial charge is 0.354 e. The summed E-state index contributed by atoms with van der Waals surface area (Å²) in [6, 6.07) is 30.0. The molecule has 0 fully saturated rings. The van der Waals surface area contributed by atoms with E-state index in [1.807, 2.05) is 67.6 Å². The molecule has 224 valence electrons. The Labute approximate surface area is 263 Å². The molecule has 0 saturated carbocycles. The van der Waals surface area contributed by atoms with E-state index in [1.54, 1.807) is 18.2 Å². The summed E-state index contributed by atoms with van der Waals surface area (Å²) >= 11 is 12.6. The van der Waals surface area contributed by atoms with Gasteiger partial charge in [-0.05, 0) is 47.9 Å². The third-order valence-corrected chi connectivity index (χ3v) is 9.12. The van der Waals surface area contributed by atoms with Gasteiger partial charge in [-0.3, -0.25) is 13.9 Å². The second-order valence-electron chi connectivity index (χ2n) is 9.92. The maximum Gasteiger partial charge on any atom is 0.264 e. The van der Waals surface area contributed by atoms with Crippen molar-refractivity contribution < 1.29 is 18.0 Å². The highest BCUT2D eigenvalue weighted by Crippen LogP contribution is 2.33. The van der Waals surface area contributed by atoms with Crippen LogP contribution in [0.15, 0.2) is 114 Å². The summed E-state index contributed by atoms with van der Waals surface area (Å²) in [6.07, 6.45) is 0.955. The fourth-order valence-electron chi connectivity index (χ4n) is 4.62. The quantitative estimate of drug-likeness (QED) is 0.185.